The molecule has 3 nitrogen and oxygen atoms in total. The zero-order valence-corrected chi connectivity index (χ0v) is 10.3. The molecule has 1 amide bonds. The van der Waals surface area contributed by atoms with Crippen LogP contribution in [0.4, 0.5) is 0 Å². The highest BCUT2D eigenvalue weighted by atomic mass is 16.3. The lowest BCUT2D eigenvalue weighted by Gasteiger charge is -2.13. The number of hydrogen-bond acceptors (Lipinski definition) is 2. The fraction of sp³-hybridized carbons (Fsp3) is 0.615. The van der Waals surface area contributed by atoms with Crippen LogP contribution in [0.3, 0.4) is 0 Å². The van der Waals surface area contributed by atoms with Gasteiger partial charge in [-0.3, -0.25) is 4.79 Å². The smallest absolute Gasteiger partial charge is 0.220 e. The van der Waals surface area contributed by atoms with Crippen molar-refractivity contribution >= 4 is 5.91 Å². The highest BCUT2D eigenvalue weighted by Gasteiger charge is 2.09. The minimum atomic E-state index is 0.130. The van der Waals surface area contributed by atoms with Gasteiger partial charge in [0.15, 0.2) is 0 Å². The Labute approximate surface area is 97.2 Å². The van der Waals surface area contributed by atoms with E-state index in [9.17, 15) is 4.79 Å². The van der Waals surface area contributed by atoms with Crippen molar-refractivity contribution in [1.82, 2.24) is 5.32 Å². The van der Waals surface area contributed by atoms with Gasteiger partial charge in [0, 0.05) is 18.9 Å². The Hall–Kier alpha value is -1.25. The number of carbonyl (C=O) groups is 1. The highest BCUT2D eigenvalue weighted by Crippen LogP contribution is 2.06. The van der Waals surface area contributed by atoms with E-state index in [0.29, 0.717) is 12.3 Å². The van der Waals surface area contributed by atoms with Crippen molar-refractivity contribution in [3.8, 4) is 0 Å². The van der Waals surface area contributed by atoms with Crippen molar-refractivity contribution in [1.29, 1.82) is 0 Å². The van der Waals surface area contributed by atoms with Crippen LogP contribution in [0.1, 0.15) is 39.4 Å². The molecular weight excluding hydrogens is 202 g/mol. The topological polar surface area (TPSA) is 42.2 Å². The molecule has 16 heavy (non-hydrogen) atoms. The maximum atomic E-state index is 11.5. The molecule has 0 fully saturated rings. The van der Waals surface area contributed by atoms with E-state index < -0.39 is 0 Å². The van der Waals surface area contributed by atoms with Crippen molar-refractivity contribution in [2.45, 2.75) is 46.1 Å². The average Bonchev–Trinajstić information content (AvgIpc) is 2.67. The van der Waals surface area contributed by atoms with Crippen LogP contribution in [0.2, 0.25) is 0 Å². The van der Waals surface area contributed by atoms with Crippen LogP contribution < -0.4 is 5.32 Å². The van der Waals surface area contributed by atoms with Gasteiger partial charge in [0.05, 0.1) is 6.26 Å². The Kier molecular flexibility index (Phi) is 5.09. The SMILES string of the molecule is CC(C)CCC(=O)NC(C)Cc1ccco1. The standard InChI is InChI=1S/C13H21NO2/c1-10(2)6-7-13(15)14-11(3)9-12-5-4-8-16-12/h4-5,8,10-11H,6-7,9H2,1-3H3,(H,14,15). The molecule has 90 valence electrons. The molecule has 1 unspecified atom stereocenters. The third kappa shape index (κ3) is 5.01. The maximum absolute atomic E-state index is 11.5. The molecule has 0 aliphatic rings. The van der Waals surface area contributed by atoms with Crippen LogP contribution in [0, 0.1) is 5.92 Å². The van der Waals surface area contributed by atoms with Gasteiger partial charge in [-0.1, -0.05) is 13.8 Å². The fourth-order valence-corrected chi connectivity index (χ4v) is 1.55. The van der Waals surface area contributed by atoms with Gasteiger partial charge in [0.2, 0.25) is 5.91 Å². The second-order valence-corrected chi connectivity index (χ2v) is 4.68. The summed E-state index contributed by atoms with van der Waals surface area (Å²) in [5.74, 6) is 1.62. The molecule has 0 bridgehead atoms. The van der Waals surface area contributed by atoms with E-state index in [-0.39, 0.29) is 11.9 Å². The van der Waals surface area contributed by atoms with E-state index in [0.717, 1.165) is 18.6 Å². The highest BCUT2D eigenvalue weighted by molar-refractivity contribution is 5.76. The van der Waals surface area contributed by atoms with Gasteiger partial charge in [-0.05, 0) is 31.4 Å². The van der Waals surface area contributed by atoms with Crippen LogP contribution in [-0.2, 0) is 11.2 Å². The number of furan rings is 1. The molecule has 0 aromatic carbocycles. The molecule has 3 heteroatoms. The molecule has 1 rings (SSSR count). The lowest BCUT2D eigenvalue weighted by Crippen LogP contribution is -2.33. The summed E-state index contributed by atoms with van der Waals surface area (Å²) in [6.07, 6.45) is 3.96. The van der Waals surface area contributed by atoms with E-state index in [2.05, 4.69) is 19.2 Å². The molecule has 0 aliphatic heterocycles. The predicted molar refractivity (Wildman–Crippen MR) is 64.1 cm³/mol. The summed E-state index contributed by atoms with van der Waals surface area (Å²) >= 11 is 0. The summed E-state index contributed by atoms with van der Waals surface area (Å²) in [5.41, 5.74) is 0. The summed E-state index contributed by atoms with van der Waals surface area (Å²) in [7, 11) is 0. The van der Waals surface area contributed by atoms with Crippen molar-refractivity contribution in [3.63, 3.8) is 0 Å². The van der Waals surface area contributed by atoms with Gasteiger partial charge in [-0.25, -0.2) is 0 Å². The van der Waals surface area contributed by atoms with E-state index >= 15 is 0 Å². The first-order chi connectivity index (χ1) is 7.58. The molecule has 1 atom stereocenters. The van der Waals surface area contributed by atoms with Crippen LogP contribution >= 0.6 is 0 Å². The third-order valence-electron chi connectivity index (χ3n) is 2.44. The van der Waals surface area contributed by atoms with E-state index in [1.165, 1.54) is 0 Å². The molecular formula is C13H21NO2. The fourth-order valence-electron chi connectivity index (χ4n) is 1.55. The first-order valence-electron chi connectivity index (χ1n) is 5.89. The Morgan fingerprint density at radius 1 is 1.44 bits per heavy atom. The quantitative estimate of drug-likeness (QED) is 0.805. The Morgan fingerprint density at radius 2 is 2.19 bits per heavy atom. The Bertz CT molecular complexity index is 304. The number of amides is 1. The van der Waals surface area contributed by atoms with Gasteiger partial charge >= 0.3 is 0 Å². The van der Waals surface area contributed by atoms with Crippen LogP contribution in [-0.4, -0.2) is 11.9 Å². The Balaban J connectivity index is 2.23. The van der Waals surface area contributed by atoms with Gasteiger partial charge < -0.3 is 9.73 Å². The first-order valence-corrected chi connectivity index (χ1v) is 5.89. The van der Waals surface area contributed by atoms with Crippen LogP contribution in [0.25, 0.3) is 0 Å². The molecule has 1 aromatic heterocycles. The van der Waals surface area contributed by atoms with E-state index in [1.807, 2.05) is 19.1 Å². The summed E-state index contributed by atoms with van der Waals surface area (Å²) < 4.78 is 5.23. The van der Waals surface area contributed by atoms with Crippen LogP contribution in [0.5, 0.6) is 0 Å². The Morgan fingerprint density at radius 3 is 2.75 bits per heavy atom. The average molecular weight is 223 g/mol. The number of rotatable bonds is 6. The van der Waals surface area contributed by atoms with Crippen molar-refractivity contribution in [2.24, 2.45) is 5.92 Å². The van der Waals surface area contributed by atoms with Crippen molar-refractivity contribution in [3.05, 3.63) is 24.2 Å². The molecule has 0 aliphatic carbocycles. The maximum Gasteiger partial charge on any atom is 0.220 e. The molecule has 0 saturated heterocycles. The number of carbonyl (C=O) groups excluding carboxylic acids is 1. The molecule has 1 N–H and O–H groups in total. The summed E-state index contributed by atoms with van der Waals surface area (Å²) in [5, 5.41) is 2.97. The number of nitrogens with one attached hydrogen (secondary N) is 1. The lowest BCUT2D eigenvalue weighted by atomic mass is 10.1. The minimum Gasteiger partial charge on any atom is -0.469 e. The van der Waals surface area contributed by atoms with Gasteiger partial charge in [0.25, 0.3) is 0 Å². The molecule has 0 spiro atoms. The normalized spacial score (nSPS) is 12.8. The predicted octanol–water partition coefficient (Wildman–Crippen LogP) is 2.76. The summed E-state index contributed by atoms with van der Waals surface area (Å²) in [6.45, 7) is 6.24. The van der Waals surface area contributed by atoms with Crippen molar-refractivity contribution < 1.29 is 9.21 Å². The van der Waals surface area contributed by atoms with Gasteiger partial charge in [-0.2, -0.15) is 0 Å². The first kappa shape index (κ1) is 12.8. The monoisotopic (exact) mass is 223 g/mol. The zero-order valence-electron chi connectivity index (χ0n) is 10.3. The lowest BCUT2D eigenvalue weighted by molar-refractivity contribution is -0.121. The number of hydrogen-bond donors (Lipinski definition) is 1. The van der Waals surface area contributed by atoms with E-state index in [4.69, 9.17) is 4.42 Å². The van der Waals surface area contributed by atoms with Gasteiger partial charge in [0.1, 0.15) is 5.76 Å². The minimum absolute atomic E-state index is 0.130. The second kappa shape index (κ2) is 6.36. The third-order valence-corrected chi connectivity index (χ3v) is 2.44. The van der Waals surface area contributed by atoms with Gasteiger partial charge in [-0.15, -0.1) is 0 Å². The van der Waals surface area contributed by atoms with Crippen LogP contribution in [0.15, 0.2) is 22.8 Å². The largest absolute Gasteiger partial charge is 0.469 e. The zero-order chi connectivity index (χ0) is 12.0. The molecule has 1 aromatic rings. The molecule has 0 radical (unpaired) electrons. The summed E-state index contributed by atoms with van der Waals surface area (Å²) in [6, 6.07) is 3.92. The second-order valence-electron chi connectivity index (χ2n) is 4.68. The molecule has 1 heterocycles. The van der Waals surface area contributed by atoms with Crippen molar-refractivity contribution in [2.75, 3.05) is 0 Å². The summed E-state index contributed by atoms with van der Waals surface area (Å²) in [4.78, 5) is 11.5. The van der Waals surface area contributed by atoms with E-state index in [1.54, 1.807) is 6.26 Å². The molecule has 0 saturated carbocycles.